The Hall–Kier alpha value is -3.16. The summed E-state index contributed by atoms with van der Waals surface area (Å²) in [7, 11) is 0. The minimum Gasteiger partial charge on any atom is -0.445 e. The smallest absolute Gasteiger partial charge is 0.410 e. The van der Waals surface area contributed by atoms with Crippen LogP contribution in [0.25, 0.3) is 0 Å². The van der Waals surface area contributed by atoms with Crippen molar-refractivity contribution in [3.63, 3.8) is 0 Å². The summed E-state index contributed by atoms with van der Waals surface area (Å²) >= 11 is 0. The van der Waals surface area contributed by atoms with Crippen LogP contribution in [0.3, 0.4) is 0 Å². The molecule has 1 aliphatic heterocycles. The molecular weight excluding hydrogens is 406 g/mol. The fourth-order valence-electron chi connectivity index (χ4n) is 3.33. The van der Waals surface area contributed by atoms with Gasteiger partial charge >= 0.3 is 12.2 Å². The van der Waals surface area contributed by atoms with Crippen LogP contribution in [0.15, 0.2) is 48.5 Å². The molecule has 0 bridgehead atoms. The summed E-state index contributed by atoms with van der Waals surface area (Å²) in [6, 6.07) is 11.3. The molecular formula is C23H26F2N2O4. The summed E-state index contributed by atoms with van der Waals surface area (Å²) < 4.78 is 39.2. The van der Waals surface area contributed by atoms with Crippen LogP contribution in [0, 0.1) is 11.6 Å². The Morgan fingerprint density at radius 3 is 2.42 bits per heavy atom. The molecule has 31 heavy (non-hydrogen) atoms. The number of piperazine rings is 1. The van der Waals surface area contributed by atoms with E-state index in [1.807, 2.05) is 30.3 Å². The summed E-state index contributed by atoms with van der Waals surface area (Å²) in [5.74, 6) is -1.30. The summed E-state index contributed by atoms with van der Waals surface area (Å²) in [5.41, 5.74) is 0.0734. The number of carbonyl (C=O) groups excluding carboxylic acids is 2. The predicted molar refractivity (Wildman–Crippen MR) is 110 cm³/mol. The molecule has 2 aromatic rings. The Morgan fingerprint density at radius 1 is 1.03 bits per heavy atom. The number of ether oxygens (including phenoxy) is 2. The SMILES string of the molecule is CC(C)(C)OC(=O)N1CCN(C(=O)OCc2ccccc2)[C@H](c2cc(F)ccc2F)C1. The summed E-state index contributed by atoms with van der Waals surface area (Å²) in [4.78, 5) is 28.1. The Labute approximate surface area is 180 Å². The zero-order chi connectivity index (χ0) is 22.6. The number of benzene rings is 2. The van der Waals surface area contributed by atoms with Crippen molar-refractivity contribution in [3.05, 3.63) is 71.3 Å². The minimum absolute atomic E-state index is 0.0232. The maximum atomic E-state index is 14.6. The van der Waals surface area contributed by atoms with E-state index in [0.29, 0.717) is 0 Å². The van der Waals surface area contributed by atoms with Crippen LogP contribution in [0.5, 0.6) is 0 Å². The molecule has 6 nitrogen and oxygen atoms in total. The average molecular weight is 432 g/mol. The lowest BCUT2D eigenvalue weighted by molar-refractivity contribution is 0.000369. The zero-order valence-corrected chi connectivity index (χ0v) is 17.8. The topological polar surface area (TPSA) is 59.1 Å². The number of hydrogen-bond acceptors (Lipinski definition) is 4. The highest BCUT2D eigenvalue weighted by Crippen LogP contribution is 2.30. The molecule has 0 spiro atoms. The summed E-state index contributed by atoms with van der Waals surface area (Å²) in [6.07, 6.45) is -1.24. The van der Waals surface area contributed by atoms with E-state index in [9.17, 15) is 18.4 Å². The third kappa shape index (κ3) is 5.93. The lowest BCUT2D eigenvalue weighted by Crippen LogP contribution is -2.53. The molecule has 0 saturated carbocycles. The molecule has 0 unspecified atom stereocenters. The van der Waals surface area contributed by atoms with Gasteiger partial charge in [-0.15, -0.1) is 0 Å². The maximum absolute atomic E-state index is 14.6. The number of halogens is 2. The van der Waals surface area contributed by atoms with Gasteiger partial charge < -0.3 is 14.4 Å². The highest BCUT2D eigenvalue weighted by atomic mass is 19.1. The Morgan fingerprint density at radius 2 is 1.74 bits per heavy atom. The van der Waals surface area contributed by atoms with Gasteiger partial charge in [0.15, 0.2) is 0 Å². The van der Waals surface area contributed by atoms with Crippen LogP contribution in [-0.4, -0.2) is 47.2 Å². The van der Waals surface area contributed by atoms with Crippen molar-refractivity contribution in [2.45, 2.75) is 39.0 Å². The molecule has 2 amide bonds. The van der Waals surface area contributed by atoms with Crippen molar-refractivity contribution in [2.75, 3.05) is 19.6 Å². The molecule has 8 heteroatoms. The average Bonchev–Trinajstić information content (AvgIpc) is 2.73. The van der Waals surface area contributed by atoms with Crippen LogP contribution < -0.4 is 0 Å². The van der Waals surface area contributed by atoms with Crippen molar-refractivity contribution < 1.29 is 27.8 Å². The lowest BCUT2D eigenvalue weighted by atomic mass is 10.0. The maximum Gasteiger partial charge on any atom is 0.410 e. The van der Waals surface area contributed by atoms with Gasteiger partial charge in [0.25, 0.3) is 0 Å². The van der Waals surface area contributed by atoms with Gasteiger partial charge in [-0.05, 0) is 44.5 Å². The fraction of sp³-hybridized carbons (Fsp3) is 0.391. The number of carbonyl (C=O) groups is 2. The Balaban J connectivity index is 1.81. The second kappa shape index (κ2) is 9.32. The number of rotatable bonds is 3. The van der Waals surface area contributed by atoms with Gasteiger partial charge in [-0.25, -0.2) is 18.4 Å². The quantitative estimate of drug-likeness (QED) is 0.693. The standard InChI is InChI=1S/C23H26F2N2O4/c1-23(2,3)31-21(28)26-11-12-27(22(29)30-15-16-7-5-4-6-8-16)20(14-26)18-13-17(24)9-10-19(18)25/h4-10,13,20H,11-12,14-15H2,1-3H3/t20-/m0/s1. The third-order valence-corrected chi connectivity index (χ3v) is 4.79. The van der Waals surface area contributed by atoms with E-state index in [0.717, 1.165) is 23.8 Å². The van der Waals surface area contributed by atoms with E-state index in [1.54, 1.807) is 20.8 Å². The fourth-order valence-corrected chi connectivity index (χ4v) is 3.33. The largest absolute Gasteiger partial charge is 0.445 e. The molecule has 0 aromatic heterocycles. The minimum atomic E-state index is -0.916. The van der Waals surface area contributed by atoms with Gasteiger partial charge in [0, 0.05) is 25.2 Å². The van der Waals surface area contributed by atoms with Crippen LogP contribution in [0.1, 0.15) is 37.9 Å². The van der Waals surface area contributed by atoms with Crippen LogP contribution in [-0.2, 0) is 16.1 Å². The molecule has 0 radical (unpaired) electrons. The first-order valence-corrected chi connectivity index (χ1v) is 10.0. The highest BCUT2D eigenvalue weighted by molar-refractivity contribution is 5.71. The third-order valence-electron chi connectivity index (χ3n) is 4.79. The molecule has 2 aromatic carbocycles. The molecule has 1 atom stereocenters. The molecule has 0 N–H and O–H groups in total. The molecule has 1 saturated heterocycles. The Kier molecular flexibility index (Phi) is 6.77. The van der Waals surface area contributed by atoms with Crippen molar-refractivity contribution in [2.24, 2.45) is 0 Å². The first kappa shape index (κ1) is 22.5. The Bertz CT molecular complexity index is 931. The second-order valence-corrected chi connectivity index (χ2v) is 8.34. The predicted octanol–water partition coefficient (Wildman–Crippen LogP) is 4.90. The normalized spacial score (nSPS) is 16.7. The molecule has 1 heterocycles. The van der Waals surface area contributed by atoms with Gasteiger partial charge in [-0.3, -0.25) is 4.90 Å². The van der Waals surface area contributed by atoms with Crippen molar-refractivity contribution in [1.82, 2.24) is 9.80 Å². The van der Waals surface area contributed by atoms with Gasteiger partial charge in [-0.2, -0.15) is 0 Å². The van der Waals surface area contributed by atoms with Crippen LogP contribution in [0.2, 0.25) is 0 Å². The summed E-state index contributed by atoms with van der Waals surface area (Å²) in [6.45, 7) is 5.50. The monoisotopic (exact) mass is 432 g/mol. The molecule has 166 valence electrons. The van der Waals surface area contributed by atoms with E-state index in [4.69, 9.17) is 9.47 Å². The lowest BCUT2D eigenvalue weighted by Gasteiger charge is -2.41. The van der Waals surface area contributed by atoms with E-state index in [1.165, 1.54) is 9.80 Å². The highest BCUT2D eigenvalue weighted by Gasteiger charge is 2.37. The van der Waals surface area contributed by atoms with Gasteiger partial charge in [0.1, 0.15) is 23.8 Å². The van der Waals surface area contributed by atoms with E-state index < -0.39 is 35.5 Å². The number of hydrogen-bond donors (Lipinski definition) is 0. The van der Waals surface area contributed by atoms with Crippen LogP contribution in [0.4, 0.5) is 18.4 Å². The van der Waals surface area contributed by atoms with E-state index in [2.05, 4.69) is 0 Å². The summed E-state index contributed by atoms with van der Waals surface area (Å²) in [5, 5.41) is 0. The number of nitrogens with zero attached hydrogens (tertiary/aromatic N) is 2. The van der Waals surface area contributed by atoms with Gasteiger partial charge in [0.05, 0.1) is 6.04 Å². The first-order valence-electron chi connectivity index (χ1n) is 10.0. The first-order chi connectivity index (χ1) is 14.6. The second-order valence-electron chi connectivity index (χ2n) is 8.34. The van der Waals surface area contributed by atoms with Crippen molar-refractivity contribution in [3.8, 4) is 0 Å². The molecule has 1 aliphatic rings. The van der Waals surface area contributed by atoms with Gasteiger partial charge in [0.2, 0.25) is 0 Å². The van der Waals surface area contributed by atoms with Crippen molar-refractivity contribution in [1.29, 1.82) is 0 Å². The van der Waals surface area contributed by atoms with E-state index >= 15 is 0 Å². The van der Waals surface area contributed by atoms with E-state index in [-0.39, 0.29) is 31.8 Å². The molecule has 1 fully saturated rings. The van der Waals surface area contributed by atoms with Crippen LogP contribution >= 0.6 is 0 Å². The molecule has 0 aliphatic carbocycles. The van der Waals surface area contributed by atoms with Gasteiger partial charge in [-0.1, -0.05) is 30.3 Å². The van der Waals surface area contributed by atoms with Crippen molar-refractivity contribution >= 4 is 12.2 Å². The zero-order valence-electron chi connectivity index (χ0n) is 17.8. The number of amides is 2. The molecule has 3 rings (SSSR count).